The molecule has 0 aliphatic rings. The Balaban J connectivity index is 1.90. The Kier molecular flexibility index (Phi) is 5.75. The van der Waals surface area contributed by atoms with Crippen LogP contribution >= 0.6 is 0 Å². The van der Waals surface area contributed by atoms with E-state index in [4.69, 9.17) is 4.74 Å². The third-order valence-electron chi connectivity index (χ3n) is 4.08. The van der Waals surface area contributed by atoms with Crippen LogP contribution in [0, 0.1) is 17.5 Å². The first-order valence-electron chi connectivity index (χ1n) is 8.44. The number of rotatable bonds is 6. The van der Waals surface area contributed by atoms with Crippen molar-refractivity contribution in [2.24, 2.45) is 0 Å². The van der Waals surface area contributed by atoms with Crippen LogP contribution in [0.15, 0.2) is 55.4 Å². The molecule has 2 aromatic carbocycles. The van der Waals surface area contributed by atoms with Gasteiger partial charge in [0.15, 0.2) is 17.4 Å². The van der Waals surface area contributed by atoms with E-state index < -0.39 is 23.6 Å². The van der Waals surface area contributed by atoms with E-state index in [1.54, 1.807) is 6.07 Å². The predicted octanol–water partition coefficient (Wildman–Crippen LogP) is 4.85. The minimum atomic E-state index is -1.11. The van der Waals surface area contributed by atoms with Crippen molar-refractivity contribution in [3.05, 3.63) is 78.4 Å². The Hall–Kier alpha value is -3.19. The van der Waals surface area contributed by atoms with Gasteiger partial charge in [-0.15, -0.1) is 0 Å². The average Bonchev–Trinajstić information content (AvgIpc) is 2.69. The molecule has 0 bridgehead atoms. The van der Waals surface area contributed by atoms with Crippen molar-refractivity contribution in [3.63, 3.8) is 0 Å². The lowest BCUT2D eigenvalue weighted by atomic mass is 10.1. The van der Waals surface area contributed by atoms with E-state index in [-0.39, 0.29) is 34.9 Å². The molecule has 3 rings (SSSR count). The summed E-state index contributed by atoms with van der Waals surface area (Å²) in [5.41, 5.74) is 0.798. The van der Waals surface area contributed by atoms with Crippen LogP contribution in [-0.4, -0.2) is 21.7 Å². The Morgan fingerprint density at radius 1 is 1.07 bits per heavy atom. The van der Waals surface area contributed by atoms with E-state index in [1.165, 1.54) is 49.7 Å². The zero-order valence-electron chi connectivity index (χ0n) is 15.0. The number of aliphatic hydroxyl groups excluding tert-OH is 1. The molecular weight excluding hydrogens is 369 g/mol. The van der Waals surface area contributed by atoms with Gasteiger partial charge in [0.1, 0.15) is 12.4 Å². The minimum absolute atomic E-state index is 0.0226. The van der Waals surface area contributed by atoms with Crippen molar-refractivity contribution in [2.45, 2.75) is 13.0 Å². The van der Waals surface area contributed by atoms with Crippen LogP contribution in [0.2, 0.25) is 0 Å². The van der Waals surface area contributed by atoms with E-state index in [2.05, 4.69) is 16.5 Å². The maximum atomic E-state index is 14.4. The molecule has 0 fully saturated rings. The van der Waals surface area contributed by atoms with Crippen LogP contribution in [0.25, 0.3) is 22.5 Å². The average molecular weight is 386 g/mol. The molecule has 1 heterocycles. The van der Waals surface area contributed by atoms with Gasteiger partial charge in [-0.1, -0.05) is 24.8 Å². The summed E-state index contributed by atoms with van der Waals surface area (Å²) in [6, 6.07) is 6.92. The SMILES string of the molecule is C=CCOc1ccc(-c2cnc(-c3ccc(C(C)O)c(F)c3)nc2)c(F)c1F. The summed E-state index contributed by atoms with van der Waals surface area (Å²) in [6.45, 7) is 4.97. The van der Waals surface area contributed by atoms with Crippen molar-refractivity contribution in [3.8, 4) is 28.3 Å². The summed E-state index contributed by atoms with van der Waals surface area (Å²) < 4.78 is 47.6. The fourth-order valence-corrected chi connectivity index (χ4v) is 2.64. The van der Waals surface area contributed by atoms with E-state index in [0.717, 1.165) is 0 Å². The number of nitrogens with zero attached hydrogens (tertiary/aromatic N) is 2. The Morgan fingerprint density at radius 3 is 2.39 bits per heavy atom. The summed E-state index contributed by atoms with van der Waals surface area (Å²) in [4.78, 5) is 8.22. The molecule has 1 unspecified atom stereocenters. The second kappa shape index (κ2) is 8.22. The molecule has 0 radical (unpaired) electrons. The second-order valence-electron chi connectivity index (χ2n) is 6.05. The van der Waals surface area contributed by atoms with Gasteiger partial charge in [0.05, 0.1) is 6.10 Å². The molecule has 1 aromatic heterocycles. The number of benzene rings is 2. The van der Waals surface area contributed by atoms with Crippen molar-refractivity contribution in [1.29, 1.82) is 0 Å². The molecule has 0 aliphatic heterocycles. The summed E-state index contributed by atoms with van der Waals surface area (Å²) in [7, 11) is 0. The Morgan fingerprint density at radius 2 is 1.79 bits per heavy atom. The van der Waals surface area contributed by atoms with E-state index >= 15 is 0 Å². The van der Waals surface area contributed by atoms with Gasteiger partial charge >= 0.3 is 0 Å². The summed E-state index contributed by atoms with van der Waals surface area (Å²) in [5, 5.41) is 9.49. The van der Waals surface area contributed by atoms with Gasteiger partial charge in [0.25, 0.3) is 0 Å². The maximum absolute atomic E-state index is 14.4. The van der Waals surface area contributed by atoms with Crippen LogP contribution in [0.1, 0.15) is 18.6 Å². The number of hydrogen-bond acceptors (Lipinski definition) is 4. The van der Waals surface area contributed by atoms with Crippen molar-refractivity contribution in [1.82, 2.24) is 9.97 Å². The normalized spacial score (nSPS) is 11.9. The number of halogens is 3. The highest BCUT2D eigenvalue weighted by Gasteiger charge is 2.17. The molecule has 144 valence electrons. The molecule has 0 saturated heterocycles. The van der Waals surface area contributed by atoms with Crippen LogP contribution in [0.5, 0.6) is 5.75 Å². The van der Waals surface area contributed by atoms with E-state index in [9.17, 15) is 18.3 Å². The summed E-state index contributed by atoms with van der Waals surface area (Å²) >= 11 is 0. The minimum Gasteiger partial charge on any atom is -0.486 e. The first kappa shape index (κ1) is 19.6. The standard InChI is InChI=1S/C21H17F3N2O2/c1-3-8-28-18-7-6-16(19(23)20(18)24)14-10-25-21(26-11-14)13-4-5-15(12(2)27)17(22)9-13/h3-7,9-12,27H,1,8H2,2H3. The van der Waals surface area contributed by atoms with Gasteiger partial charge in [0.2, 0.25) is 5.82 Å². The lowest BCUT2D eigenvalue weighted by Crippen LogP contribution is -2.00. The molecule has 4 nitrogen and oxygen atoms in total. The van der Waals surface area contributed by atoms with Gasteiger partial charge in [-0.25, -0.2) is 18.7 Å². The topological polar surface area (TPSA) is 55.2 Å². The largest absolute Gasteiger partial charge is 0.486 e. The molecule has 7 heteroatoms. The van der Waals surface area contributed by atoms with Gasteiger partial charge in [-0.3, -0.25) is 0 Å². The second-order valence-corrected chi connectivity index (χ2v) is 6.05. The van der Waals surface area contributed by atoms with Crippen LogP contribution in [0.4, 0.5) is 13.2 Å². The molecule has 0 aliphatic carbocycles. The van der Waals surface area contributed by atoms with Gasteiger partial charge in [-0.2, -0.15) is 4.39 Å². The molecule has 0 spiro atoms. The van der Waals surface area contributed by atoms with Crippen LogP contribution in [0.3, 0.4) is 0 Å². The molecule has 3 aromatic rings. The lowest BCUT2D eigenvalue weighted by Gasteiger charge is -2.10. The number of aromatic nitrogens is 2. The molecular formula is C21H17F3N2O2. The fraction of sp³-hybridized carbons (Fsp3) is 0.143. The first-order chi connectivity index (χ1) is 13.4. The van der Waals surface area contributed by atoms with Crippen molar-refractivity contribution in [2.75, 3.05) is 6.61 Å². The highest BCUT2D eigenvalue weighted by molar-refractivity contribution is 5.65. The van der Waals surface area contributed by atoms with Crippen molar-refractivity contribution < 1.29 is 23.0 Å². The summed E-state index contributed by atoms with van der Waals surface area (Å²) in [6.07, 6.45) is 3.14. The molecule has 1 atom stereocenters. The molecule has 0 amide bonds. The summed E-state index contributed by atoms with van der Waals surface area (Å²) in [5.74, 6) is -2.77. The zero-order valence-corrected chi connectivity index (χ0v) is 15.0. The molecule has 1 N–H and O–H groups in total. The van der Waals surface area contributed by atoms with Crippen molar-refractivity contribution >= 4 is 0 Å². The van der Waals surface area contributed by atoms with Gasteiger partial charge in [0, 0.05) is 34.6 Å². The van der Waals surface area contributed by atoms with Gasteiger partial charge < -0.3 is 9.84 Å². The predicted molar refractivity (Wildman–Crippen MR) is 99.1 cm³/mol. The molecule has 28 heavy (non-hydrogen) atoms. The number of ether oxygens (including phenoxy) is 1. The van der Waals surface area contributed by atoms with Gasteiger partial charge in [-0.05, 0) is 25.1 Å². The quantitative estimate of drug-likeness (QED) is 0.616. The van der Waals surface area contributed by atoms with Crippen LogP contribution in [-0.2, 0) is 0 Å². The van der Waals surface area contributed by atoms with Crippen LogP contribution < -0.4 is 4.74 Å². The molecule has 0 saturated carbocycles. The third kappa shape index (κ3) is 3.89. The Bertz CT molecular complexity index is 1010. The highest BCUT2D eigenvalue weighted by Crippen LogP contribution is 2.30. The lowest BCUT2D eigenvalue weighted by molar-refractivity contribution is 0.194. The fourth-order valence-electron chi connectivity index (χ4n) is 2.64. The third-order valence-corrected chi connectivity index (χ3v) is 4.08. The smallest absolute Gasteiger partial charge is 0.201 e. The zero-order chi connectivity index (χ0) is 20.3. The first-order valence-corrected chi connectivity index (χ1v) is 8.44. The number of hydrogen-bond donors (Lipinski definition) is 1. The highest BCUT2D eigenvalue weighted by atomic mass is 19.2. The van der Waals surface area contributed by atoms with E-state index in [0.29, 0.717) is 5.56 Å². The number of aliphatic hydroxyl groups is 1. The monoisotopic (exact) mass is 386 g/mol. The van der Waals surface area contributed by atoms with E-state index in [1.807, 2.05) is 0 Å². The maximum Gasteiger partial charge on any atom is 0.201 e. The Labute approximate surface area is 160 Å².